The van der Waals surface area contributed by atoms with Gasteiger partial charge >= 0.3 is 5.97 Å². The third-order valence-corrected chi connectivity index (χ3v) is 3.46. The van der Waals surface area contributed by atoms with Crippen LogP contribution in [0.4, 0.5) is 10.3 Å². The smallest absolute Gasteiger partial charge is 0.338 e. The normalized spacial score (nSPS) is 17.0. The van der Waals surface area contributed by atoms with Crippen molar-refractivity contribution < 1.29 is 13.9 Å². The van der Waals surface area contributed by atoms with E-state index in [0.717, 1.165) is 0 Å². The molecule has 0 bridgehead atoms. The Morgan fingerprint density at radius 3 is 2.70 bits per heavy atom. The maximum Gasteiger partial charge on any atom is 0.338 e. The highest BCUT2D eigenvalue weighted by Gasteiger charge is 2.35. The summed E-state index contributed by atoms with van der Waals surface area (Å²) in [6.45, 7) is 5.31. The molecule has 0 spiro atoms. The van der Waals surface area contributed by atoms with Gasteiger partial charge in [0.1, 0.15) is 11.9 Å². The van der Waals surface area contributed by atoms with E-state index in [4.69, 9.17) is 4.74 Å². The van der Waals surface area contributed by atoms with E-state index in [1.807, 2.05) is 0 Å². The van der Waals surface area contributed by atoms with Crippen LogP contribution in [0.1, 0.15) is 32.4 Å². The highest BCUT2D eigenvalue weighted by Crippen LogP contribution is 2.34. The number of anilines is 1. The number of benzene rings is 1. The van der Waals surface area contributed by atoms with Gasteiger partial charge in [-0.2, -0.15) is 4.68 Å². The molecule has 1 atom stereocenters. The van der Waals surface area contributed by atoms with Gasteiger partial charge in [0, 0.05) is 5.70 Å². The minimum atomic E-state index is -0.576. The van der Waals surface area contributed by atoms with Crippen LogP contribution in [0.25, 0.3) is 0 Å². The first-order valence-corrected chi connectivity index (χ1v) is 7.19. The number of esters is 1. The zero-order valence-electron chi connectivity index (χ0n) is 12.9. The van der Waals surface area contributed by atoms with Crippen LogP contribution in [0, 0.1) is 5.82 Å². The molecule has 8 heteroatoms. The number of ether oxygens (including phenoxy) is 1. The summed E-state index contributed by atoms with van der Waals surface area (Å²) in [5.74, 6) is -0.398. The second-order valence-corrected chi connectivity index (χ2v) is 5.52. The van der Waals surface area contributed by atoms with E-state index in [1.54, 1.807) is 32.9 Å². The van der Waals surface area contributed by atoms with Crippen molar-refractivity contribution in [2.45, 2.75) is 32.9 Å². The zero-order chi connectivity index (χ0) is 16.6. The predicted molar refractivity (Wildman–Crippen MR) is 79.9 cm³/mol. The molecule has 1 aliphatic heterocycles. The molecular weight excluding hydrogens is 301 g/mol. The number of fused-ring (bicyclic) bond motifs is 1. The van der Waals surface area contributed by atoms with Gasteiger partial charge in [0.25, 0.3) is 0 Å². The number of allylic oxidation sites excluding steroid dienone is 1. The van der Waals surface area contributed by atoms with E-state index < -0.39 is 12.0 Å². The Morgan fingerprint density at radius 2 is 2.04 bits per heavy atom. The monoisotopic (exact) mass is 317 g/mol. The molecule has 2 aromatic rings. The lowest BCUT2D eigenvalue weighted by Gasteiger charge is -2.27. The van der Waals surface area contributed by atoms with E-state index in [0.29, 0.717) is 22.8 Å². The Labute approximate surface area is 132 Å². The van der Waals surface area contributed by atoms with Gasteiger partial charge < -0.3 is 10.1 Å². The number of hydrogen-bond acceptors (Lipinski definition) is 6. The van der Waals surface area contributed by atoms with Gasteiger partial charge in [0.05, 0.1) is 11.7 Å². The quantitative estimate of drug-likeness (QED) is 0.873. The number of halogens is 1. The van der Waals surface area contributed by atoms with Crippen molar-refractivity contribution in [2.24, 2.45) is 0 Å². The number of nitrogens with zero attached hydrogens (tertiary/aromatic N) is 4. The van der Waals surface area contributed by atoms with Crippen molar-refractivity contribution in [1.29, 1.82) is 0 Å². The summed E-state index contributed by atoms with van der Waals surface area (Å²) in [5.41, 5.74) is 1.69. The molecule has 0 radical (unpaired) electrons. The molecule has 1 N–H and O–H groups in total. The molecule has 0 fully saturated rings. The highest BCUT2D eigenvalue weighted by atomic mass is 19.1. The van der Waals surface area contributed by atoms with Gasteiger partial charge in [0.15, 0.2) is 0 Å². The molecule has 0 aliphatic carbocycles. The van der Waals surface area contributed by atoms with Gasteiger partial charge in [0.2, 0.25) is 5.95 Å². The van der Waals surface area contributed by atoms with E-state index >= 15 is 0 Å². The molecule has 3 rings (SSSR count). The topological polar surface area (TPSA) is 81.9 Å². The Hall–Kier alpha value is -2.77. The molecule has 2 heterocycles. The van der Waals surface area contributed by atoms with Crippen molar-refractivity contribution in [3.63, 3.8) is 0 Å². The van der Waals surface area contributed by atoms with Gasteiger partial charge in [-0.1, -0.05) is 17.2 Å². The Kier molecular flexibility index (Phi) is 3.81. The molecule has 0 amide bonds. The van der Waals surface area contributed by atoms with Crippen LogP contribution in [0.2, 0.25) is 0 Å². The summed E-state index contributed by atoms with van der Waals surface area (Å²) in [6.07, 6.45) is -0.257. The standard InChI is InChI=1S/C15H16FN5O2/c1-8(2)23-14(22)12-9(3)17-15-18-19-20-21(15)13(12)10-4-6-11(16)7-5-10/h4-8,13H,1-3H3,(H,17,18,20)/t13-/m0/s1. The van der Waals surface area contributed by atoms with Gasteiger partial charge in [-0.25, -0.2) is 9.18 Å². The van der Waals surface area contributed by atoms with Crippen LogP contribution >= 0.6 is 0 Å². The first-order valence-electron chi connectivity index (χ1n) is 7.19. The minimum Gasteiger partial charge on any atom is -0.459 e. The molecule has 0 unspecified atom stereocenters. The Balaban J connectivity index is 2.10. The average Bonchev–Trinajstić information content (AvgIpc) is 2.93. The number of carbonyl (C=O) groups is 1. The fourth-order valence-corrected chi connectivity index (χ4v) is 2.51. The molecule has 1 aromatic heterocycles. The number of tetrazole rings is 1. The Morgan fingerprint density at radius 1 is 1.35 bits per heavy atom. The number of carbonyl (C=O) groups excluding carboxylic acids is 1. The van der Waals surface area contributed by atoms with Crippen LogP contribution in [0.3, 0.4) is 0 Å². The van der Waals surface area contributed by atoms with Gasteiger partial charge in [-0.05, 0) is 48.9 Å². The maximum atomic E-state index is 13.2. The summed E-state index contributed by atoms with van der Waals surface area (Å²) in [4.78, 5) is 12.5. The van der Waals surface area contributed by atoms with E-state index in [1.165, 1.54) is 16.8 Å². The molecule has 0 saturated carbocycles. The van der Waals surface area contributed by atoms with Crippen molar-refractivity contribution in [1.82, 2.24) is 20.2 Å². The lowest BCUT2D eigenvalue weighted by Crippen LogP contribution is -2.30. The SMILES string of the molecule is CC1=C(C(=O)OC(C)C)[C@H](c2ccc(F)cc2)n2nnnc2N1. The van der Waals surface area contributed by atoms with Crippen LogP contribution in [-0.2, 0) is 9.53 Å². The van der Waals surface area contributed by atoms with Crippen LogP contribution < -0.4 is 5.32 Å². The van der Waals surface area contributed by atoms with Crippen LogP contribution in [0.5, 0.6) is 0 Å². The number of hydrogen-bond donors (Lipinski definition) is 1. The van der Waals surface area contributed by atoms with E-state index in [9.17, 15) is 9.18 Å². The summed E-state index contributed by atoms with van der Waals surface area (Å²) >= 11 is 0. The van der Waals surface area contributed by atoms with Crippen LogP contribution in [0.15, 0.2) is 35.5 Å². The molecule has 120 valence electrons. The summed E-state index contributed by atoms with van der Waals surface area (Å²) in [7, 11) is 0. The lowest BCUT2D eigenvalue weighted by atomic mass is 9.96. The van der Waals surface area contributed by atoms with Crippen molar-refractivity contribution >= 4 is 11.9 Å². The Bertz CT molecular complexity index is 766. The van der Waals surface area contributed by atoms with Crippen LogP contribution in [-0.4, -0.2) is 32.3 Å². The number of nitrogens with one attached hydrogen (secondary N) is 1. The van der Waals surface area contributed by atoms with Crippen molar-refractivity contribution in [2.75, 3.05) is 5.32 Å². The molecule has 7 nitrogen and oxygen atoms in total. The van der Waals surface area contributed by atoms with Gasteiger partial charge in [-0.3, -0.25) is 0 Å². The fourth-order valence-electron chi connectivity index (χ4n) is 2.51. The molecule has 1 aromatic carbocycles. The van der Waals surface area contributed by atoms with E-state index in [-0.39, 0.29) is 11.9 Å². The van der Waals surface area contributed by atoms with Crippen molar-refractivity contribution in [3.8, 4) is 0 Å². The van der Waals surface area contributed by atoms with Gasteiger partial charge in [-0.15, -0.1) is 0 Å². The first-order chi connectivity index (χ1) is 11.0. The third-order valence-electron chi connectivity index (χ3n) is 3.46. The van der Waals surface area contributed by atoms with Crippen molar-refractivity contribution in [3.05, 3.63) is 46.9 Å². The summed E-state index contributed by atoms with van der Waals surface area (Å²) in [6, 6.07) is 5.30. The second-order valence-electron chi connectivity index (χ2n) is 5.52. The summed E-state index contributed by atoms with van der Waals surface area (Å²) in [5, 5.41) is 14.4. The highest BCUT2D eigenvalue weighted by molar-refractivity contribution is 5.92. The largest absolute Gasteiger partial charge is 0.459 e. The molecule has 1 aliphatic rings. The number of aromatic nitrogens is 4. The zero-order valence-corrected chi connectivity index (χ0v) is 12.9. The first kappa shape index (κ1) is 15.1. The molecule has 23 heavy (non-hydrogen) atoms. The predicted octanol–water partition coefficient (Wildman–Crippen LogP) is 2.05. The lowest BCUT2D eigenvalue weighted by molar-refractivity contribution is -0.143. The maximum absolute atomic E-state index is 13.2. The summed E-state index contributed by atoms with van der Waals surface area (Å²) < 4.78 is 20.0. The molecule has 0 saturated heterocycles. The molecular formula is C15H16FN5O2. The second kappa shape index (κ2) is 5.79. The number of rotatable bonds is 3. The third kappa shape index (κ3) is 2.79. The van der Waals surface area contributed by atoms with E-state index in [2.05, 4.69) is 20.8 Å². The minimum absolute atomic E-state index is 0.257. The average molecular weight is 317 g/mol. The fraction of sp³-hybridized carbons (Fsp3) is 0.333.